The number of carbonyl (C=O) groups is 1. The fourth-order valence-corrected chi connectivity index (χ4v) is 1.88. The number of nitrogens with one attached hydrogen (secondary N) is 1. The fourth-order valence-electron chi connectivity index (χ4n) is 1.88. The standard InChI is InChI=1S/C12H11F3N4O/c13-12(14,15)10-6-8(7-16)5-9(18-10)11(20)19-3-1-17-2-4-19/h5-6,17H,1-4H2. The summed E-state index contributed by atoms with van der Waals surface area (Å²) in [6.45, 7) is 1.96. The summed E-state index contributed by atoms with van der Waals surface area (Å²) in [6, 6.07) is 3.33. The molecule has 1 aromatic rings. The van der Waals surface area contributed by atoms with Gasteiger partial charge in [0.1, 0.15) is 11.4 Å². The molecule has 1 fully saturated rings. The van der Waals surface area contributed by atoms with Gasteiger partial charge in [0, 0.05) is 26.2 Å². The zero-order valence-corrected chi connectivity index (χ0v) is 10.4. The minimum absolute atomic E-state index is 0.231. The van der Waals surface area contributed by atoms with Crippen molar-refractivity contribution in [3.8, 4) is 6.07 Å². The second-order valence-electron chi connectivity index (χ2n) is 4.28. The van der Waals surface area contributed by atoms with Gasteiger partial charge < -0.3 is 10.2 Å². The van der Waals surface area contributed by atoms with E-state index >= 15 is 0 Å². The van der Waals surface area contributed by atoms with Gasteiger partial charge in [-0.25, -0.2) is 4.98 Å². The summed E-state index contributed by atoms with van der Waals surface area (Å²) < 4.78 is 38.0. The van der Waals surface area contributed by atoms with Gasteiger partial charge in [0.25, 0.3) is 5.91 Å². The van der Waals surface area contributed by atoms with Crippen LogP contribution < -0.4 is 5.32 Å². The van der Waals surface area contributed by atoms with Crippen LogP contribution in [0.5, 0.6) is 0 Å². The summed E-state index contributed by atoms with van der Waals surface area (Å²) in [4.78, 5) is 16.9. The number of carbonyl (C=O) groups excluding carboxylic acids is 1. The Morgan fingerprint density at radius 1 is 1.35 bits per heavy atom. The number of halogens is 3. The molecule has 20 heavy (non-hydrogen) atoms. The predicted molar refractivity (Wildman–Crippen MR) is 62.7 cm³/mol. The van der Waals surface area contributed by atoms with Crippen LogP contribution in [0, 0.1) is 11.3 Å². The van der Waals surface area contributed by atoms with Gasteiger partial charge in [0.05, 0.1) is 11.6 Å². The number of piperazine rings is 1. The molecule has 2 rings (SSSR count). The van der Waals surface area contributed by atoms with E-state index in [0.29, 0.717) is 32.2 Å². The molecule has 0 saturated carbocycles. The van der Waals surface area contributed by atoms with Gasteiger partial charge in [0.15, 0.2) is 0 Å². The third-order valence-electron chi connectivity index (χ3n) is 2.87. The Morgan fingerprint density at radius 2 is 2.00 bits per heavy atom. The third-order valence-corrected chi connectivity index (χ3v) is 2.87. The number of alkyl halides is 3. The Labute approximate surface area is 113 Å². The molecule has 1 amide bonds. The summed E-state index contributed by atoms with van der Waals surface area (Å²) in [7, 11) is 0. The topological polar surface area (TPSA) is 69.0 Å². The predicted octanol–water partition coefficient (Wildman–Crippen LogP) is 1.02. The fraction of sp³-hybridized carbons (Fsp3) is 0.417. The molecule has 0 spiro atoms. The van der Waals surface area contributed by atoms with E-state index in [-0.39, 0.29) is 11.3 Å². The SMILES string of the molecule is N#Cc1cc(C(=O)N2CCNCC2)nc(C(F)(F)F)c1. The zero-order chi connectivity index (χ0) is 14.8. The number of amides is 1. The summed E-state index contributed by atoms with van der Waals surface area (Å²) >= 11 is 0. The monoisotopic (exact) mass is 284 g/mol. The normalized spacial score (nSPS) is 15.8. The van der Waals surface area contributed by atoms with Crippen LogP contribution in [0.15, 0.2) is 12.1 Å². The molecular weight excluding hydrogens is 273 g/mol. The molecule has 0 bridgehead atoms. The van der Waals surface area contributed by atoms with Crippen LogP contribution in [0.25, 0.3) is 0 Å². The first-order chi connectivity index (χ1) is 9.41. The maximum atomic E-state index is 12.7. The summed E-state index contributed by atoms with van der Waals surface area (Å²) in [5.74, 6) is -0.589. The number of hydrogen-bond donors (Lipinski definition) is 1. The van der Waals surface area contributed by atoms with Crippen molar-refractivity contribution in [2.45, 2.75) is 6.18 Å². The lowest BCUT2D eigenvalue weighted by molar-refractivity contribution is -0.141. The summed E-state index contributed by atoms with van der Waals surface area (Å²) in [6.07, 6.45) is -4.69. The van der Waals surface area contributed by atoms with E-state index in [0.717, 1.165) is 6.07 Å². The van der Waals surface area contributed by atoms with Crippen LogP contribution in [-0.2, 0) is 6.18 Å². The van der Waals surface area contributed by atoms with Crippen LogP contribution in [0.1, 0.15) is 21.7 Å². The molecule has 0 aliphatic carbocycles. The lowest BCUT2D eigenvalue weighted by Crippen LogP contribution is -2.46. The van der Waals surface area contributed by atoms with E-state index < -0.39 is 17.8 Å². The number of nitriles is 1. The molecule has 1 aliphatic heterocycles. The maximum Gasteiger partial charge on any atom is 0.433 e. The van der Waals surface area contributed by atoms with Crippen LogP contribution in [0.2, 0.25) is 0 Å². The van der Waals surface area contributed by atoms with Crippen molar-refractivity contribution in [2.24, 2.45) is 0 Å². The largest absolute Gasteiger partial charge is 0.433 e. The first-order valence-corrected chi connectivity index (χ1v) is 5.91. The van der Waals surface area contributed by atoms with Gasteiger partial charge in [0.2, 0.25) is 0 Å². The van der Waals surface area contributed by atoms with Gasteiger partial charge in [-0.3, -0.25) is 4.79 Å². The second-order valence-corrected chi connectivity index (χ2v) is 4.28. The van der Waals surface area contributed by atoms with Gasteiger partial charge in [-0.1, -0.05) is 0 Å². The first kappa shape index (κ1) is 14.3. The highest BCUT2D eigenvalue weighted by molar-refractivity contribution is 5.92. The average Bonchev–Trinajstić information content (AvgIpc) is 2.46. The summed E-state index contributed by atoms with van der Waals surface area (Å²) in [5, 5.41) is 11.8. The molecule has 1 aromatic heterocycles. The highest BCUT2D eigenvalue weighted by Gasteiger charge is 2.34. The van der Waals surface area contributed by atoms with Crippen molar-refractivity contribution in [3.05, 3.63) is 29.1 Å². The second kappa shape index (κ2) is 5.46. The van der Waals surface area contributed by atoms with E-state index in [1.807, 2.05) is 0 Å². The molecule has 2 heterocycles. The molecule has 0 atom stereocenters. The molecule has 1 N–H and O–H groups in total. The molecule has 1 aliphatic rings. The summed E-state index contributed by atoms with van der Waals surface area (Å²) in [5.41, 5.74) is -1.81. The number of rotatable bonds is 1. The number of pyridine rings is 1. The molecule has 5 nitrogen and oxygen atoms in total. The van der Waals surface area contributed by atoms with E-state index in [9.17, 15) is 18.0 Å². The van der Waals surface area contributed by atoms with E-state index in [1.54, 1.807) is 6.07 Å². The van der Waals surface area contributed by atoms with Crippen LogP contribution in [-0.4, -0.2) is 42.0 Å². The zero-order valence-electron chi connectivity index (χ0n) is 10.4. The highest BCUT2D eigenvalue weighted by Crippen LogP contribution is 2.28. The van der Waals surface area contributed by atoms with Crippen LogP contribution in [0.4, 0.5) is 13.2 Å². The number of hydrogen-bond acceptors (Lipinski definition) is 4. The van der Waals surface area contributed by atoms with Crippen LogP contribution >= 0.6 is 0 Å². The molecule has 0 radical (unpaired) electrons. The smallest absolute Gasteiger partial charge is 0.335 e. The average molecular weight is 284 g/mol. The molecule has 1 saturated heterocycles. The van der Waals surface area contributed by atoms with Crippen molar-refractivity contribution in [3.63, 3.8) is 0 Å². The Morgan fingerprint density at radius 3 is 2.55 bits per heavy atom. The molecule has 106 valence electrons. The lowest BCUT2D eigenvalue weighted by atomic mass is 10.2. The molecular formula is C12H11F3N4O. The Kier molecular flexibility index (Phi) is 3.90. The first-order valence-electron chi connectivity index (χ1n) is 5.91. The van der Waals surface area contributed by atoms with E-state index in [1.165, 1.54) is 4.90 Å². The van der Waals surface area contributed by atoms with Gasteiger partial charge in [-0.05, 0) is 12.1 Å². The highest BCUT2D eigenvalue weighted by atomic mass is 19.4. The van der Waals surface area contributed by atoms with Crippen molar-refractivity contribution < 1.29 is 18.0 Å². The van der Waals surface area contributed by atoms with Gasteiger partial charge in [-0.2, -0.15) is 18.4 Å². The lowest BCUT2D eigenvalue weighted by Gasteiger charge is -2.27. The quantitative estimate of drug-likeness (QED) is 0.836. The minimum Gasteiger partial charge on any atom is -0.335 e. The minimum atomic E-state index is -4.69. The van der Waals surface area contributed by atoms with Gasteiger partial charge in [-0.15, -0.1) is 0 Å². The maximum absolute atomic E-state index is 12.7. The third kappa shape index (κ3) is 3.05. The van der Waals surface area contributed by atoms with E-state index in [4.69, 9.17) is 5.26 Å². The Balaban J connectivity index is 2.35. The van der Waals surface area contributed by atoms with Crippen molar-refractivity contribution in [1.82, 2.24) is 15.2 Å². The number of nitrogens with zero attached hydrogens (tertiary/aromatic N) is 3. The Hall–Kier alpha value is -2.14. The number of aromatic nitrogens is 1. The van der Waals surface area contributed by atoms with Crippen LogP contribution in [0.3, 0.4) is 0 Å². The molecule has 8 heteroatoms. The van der Waals surface area contributed by atoms with Gasteiger partial charge >= 0.3 is 6.18 Å². The van der Waals surface area contributed by atoms with Crippen molar-refractivity contribution >= 4 is 5.91 Å². The Bertz CT molecular complexity index is 559. The van der Waals surface area contributed by atoms with Crippen molar-refractivity contribution in [1.29, 1.82) is 5.26 Å². The molecule has 0 aromatic carbocycles. The molecule has 0 unspecified atom stereocenters. The van der Waals surface area contributed by atoms with Crippen molar-refractivity contribution in [2.75, 3.05) is 26.2 Å². The van der Waals surface area contributed by atoms with E-state index in [2.05, 4.69) is 10.3 Å².